The number of hydrogen-bond donors (Lipinski definition) is 3. The van der Waals surface area contributed by atoms with E-state index in [9.17, 15) is 12.8 Å². The number of benzene rings is 1. The molecule has 7 nitrogen and oxygen atoms in total. The lowest BCUT2D eigenvalue weighted by atomic mass is 10.2. The number of nitrogens with zero attached hydrogens (tertiary/aromatic N) is 2. The van der Waals surface area contributed by atoms with Gasteiger partial charge in [0.05, 0.1) is 18.0 Å². The summed E-state index contributed by atoms with van der Waals surface area (Å²) in [5, 5.41) is 6.92. The molecule has 0 saturated carbocycles. The Balaban J connectivity index is 1.81. The molecule has 0 unspecified atom stereocenters. The highest BCUT2D eigenvalue weighted by molar-refractivity contribution is 7.92. The van der Waals surface area contributed by atoms with Gasteiger partial charge in [0.15, 0.2) is 5.96 Å². The maximum absolute atomic E-state index is 13.5. The second-order valence-corrected chi connectivity index (χ2v) is 8.76. The first-order chi connectivity index (χ1) is 12.3. The smallest absolute Gasteiger partial charge is 0.234 e. The number of rotatable bonds is 7. The lowest BCUT2D eigenvalue weighted by Gasteiger charge is -2.12. The van der Waals surface area contributed by atoms with Crippen molar-refractivity contribution in [2.75, 3.05) is 24.1 Å². The van der Waals surface area contributed by atoms with Crippen LogP contribution >= 0.6 is 11.3 Å². The van der Waals surface area contributed by atoms with Gasteiger partial charge in [-0.05, 0) is 31.5 Å². The number of nitrogens with one attached hydrogen (secondary N) is 3. The van der Waals surface area contributed by atoms with Crippen molar-refractivity contribution < 1.29 is 12.8 Å². The molecule has 0 radical (unpaired) electrons. The molecule has 0 spiro atoms. The number of halogens is 1. The Labute approximate surface area is 156 Å². The number of anilines is 1. The first-order valence-corrected chi connectivity index (χ1v) is 10.4. The second-order valence-electron chi connectivity index (χ2n) is 5.60. The Kier molecular flexibility index (Phi) is 6.92. The number of sulfonamides is 1. The van der Waals surface area contributed by atoms with Crippen LogP contribution in [0.4, 0.5) is 10.1 Å². The summed E-state index contributed by atoms with van der Waals surface area (Å²) in [5.74, 6) is -0.153. The van der Waals surface area contributed by atoms with Crippen molar-refractivity contribution in [1.82, 2.24) is 15.6 Å². The zero-order valence-corrected chi connectivity index (χ0v) is 16.5. The quantitative estimate of drug-likeness (QED) is 0.489. The fourth-order valence-corrected chi connectivity index (χ4v) is 3.74. The van der Waals surface area contributed by atoms with Gasteiger partial charge in [0.25, 0.3) is 0 Å². The van der Waals surface area contributed by atoms with E-state index in [1.165, 1.54) is 12.1 Å². The number of guanidine groups is 1. The Morgan fingerprint density at radius 2 is 2.08 bits per heavy atom. The van der Waals surface area contributed by atoms with E-state index >= 15 is 0 Å². The van der Waals surface area contributed by atoms with Gasteiger partial charge in [0.2, 0.25) is 10.0 Å². The highest BCUT2D eigenvalue weighted by Gasteiger charge is 2.12. The maximum Gasteiger partial charge on any atom is 0.234 e. The van der Waals surface area contributed by atoms with E-state index in [0.29, 0.717) is 18.1 Å². The molecule has 0 amide bonds. The number of aliphatic imine (C=N–C) groups is 1. The highest BCUT2D eigenvalue weighted by Crippen LogP contribution is 2.15. The van der Waals surface area contributed by atoms with Gasteiger partial charge in [-0.2, -0.15) is 0 Å². The van der Waals surface area contributed by atoms with E-state index < -0.39 is 15.8 Å². The van der Waals surface area contributed by atoms with Crippen LogP contribution < -0.4 is 15.4 Å². The summed E-state index contributed by atoms with van der Waals surface area (Å²) in [7, 11) is -2.00. The van der Waals surface area contributed by atoms with Crippen LogP contribution in [0.1, 0.15) is 15.4 Å². The molecule has 0 fully saturated rings. The van der Waals surface area contributed by atoms with Crippen LogP contribution in [0, 0.1) is 19.7 Å². The average Bonchev–Trinajstić information content (AvgIpc) is 2.99. The van der Waals surface area contributed by atoms with Crippen molar-refractivity contribution >= 4 is 33.0 Å². The number of aryl methyl sites for hydroxylation is 2. The van der Waals surface area contributed by atoms with Crippen molar-refractivity contribution in [1.29, 1.82) is 0 Å². The third-order valence-electron chi connectivity index (χ3n) is 3.41. The second kappa shape index (κ2) is 8.95. The third kappa shape index (κ3) is 6.26. The van der Waals surface area contributed by atoms with Gasteiger partial charge in [0, 0.05) is 24.7 Å². The van der Waals surface area contributed by atoms with E-state index in [1.54, 1.807) is 31.5 Å². The van der Waals surface area contributed by atoms with Crippen molar-refractivity contribution in [2.45, 2.75) is 20.4 Å². The number of aromatic nitrogens is 1. The molecule has 0 aliphatic carbocycles. The van der Waals surface area contributed by atoms with Crippen LogP contribution in [-0.4, -0.2) is 38.7 Å². The summed E-state index contributed by atoms with van der Waals surface area (Å²) >= 11 is 1.58. The Morgan fingerprint density at radius 1 is 1.31 bits per heavy atom. The monoisotopic (exact) mass is 399 g/mol. The van der Waals surface area contributed by atoms with Crippen molar-refractivity contribution in [3.05, 3.63) is 45.7 Å². The van der Waals surface area contributed by atoms with Gasteiger partial charge in [-0.15, -0.1) is 11.3 Å². The summed E-state index contributed by atoms with van der Waals surface area (Å²) in [5.41, 5.74) is 0.662. The Hall–Kier alpha value is -2.20. The Morgan fingerprint density at radius 3 is 2.69 bits per heavy atom. The minimum Gasteiger partial charge on any atom is -0.355 e. The number of thiazole rings is 1. The molecule has 0 atom stereocenters. The topological polar surface area (TPSA) is 95.5 Å². The summed E-state index contributed by atoms with van der Waals surface area (Å²) in [6, 6.07) is 4.22. The summed E-state index contributed by atoms with van der Waals surface area (Å²) < 4.78 is 40.1. The van der Waals surface area contributed by atoms with Crippen LogP contribution in [0.5, 0.6) is 0 Å². The summed E-state index contributed by atoms with van der Waals surface area (Å²) in [4.78, 5) is 9.40. The fraction of sp³-hybridized carbons (Fsp3) is 0.375. The van der Waals surface area contributed by atoms with Gasteiger partial charge in [0.1, 0.15) is 10.8 Å². The van der Waals surface area contributed by atoms with Gasteiger partial charge in [-0.3, -0.25) is 9.71 Å². The fourth-order valence-electron chi connectivity index (χ4n) is 2.05. The zero-order chi connectivity index (χ0) is 19.2. The minimum absolute atomic E-state index is 0.153. The van der Waals surface area contributed by atoms with Gasteiger partial charge in [-0.25, -0.2) is 17.8 Å². The average molecular weight is 400 g/mol. The minimum atomic E-state index is -3.60. The Bertz CT molecular complexity index is 881. The standard InChI is InChI=1S/C16H22FN5O2S2/c1-11-4-5-13(8-14(11)17)22-26(23,24)7-6-19-16(18-3)21-10-15-20-9-12(2)25-15/h4-5,8-9,22H,6-7,10H2,1-3H3,(H2,18,19,21). The molecule has 1 aromatic carbocycles. The molecule has 0 bridgehead atoms. The predicted octanol–water partition coefficient (Wildman–Crippen LogP) is 2.01. The van der Waals surface area contributed by atoms with Crippen molar-refractivity contribution in [3.63, 3.8) is 0 Å². The van der Waals surface area contributed by atoms with E-state index in [1.807, 2.05) is 6.92 Å². The molecule has 10 heteroatoms. The first-order valence-electron chi connectivity index (χ1n) is 7.91. The normalized spacial score (nSPS) is 12.1. The SMILES string of the molecule is CN=C(NCCS(=O)(=O)Nc1ccc(C)c(F)c1)NCc1ncc(C)s1. The van der Waals surface area contributed by atoms with E-state index in [-0.39, 0.29) is 18.0 Å². The van der Waals surface area contributed by atoms with Crippen molar-refractivity contribution in [3.8, 4) is 0 Å². The first kappa shape index (κ1) is 20.1. The molecule has 1 heterocycles. The van der Waals surface area contributed by atoms with Crippen LogP contribution in [0.2, 0.25) is 0 Å². The molecule has 3 N–H and O–H groups in total. The van der Waals surface area contributed by atoms with E-state index in [2.05, 4.69) is 25.3 Å². The van der Waals surface area contributed by atoms with Crippen LogP contribution in [-0.2, 0) is 16.6 Å². The van der Waals surface area contributed by atoms with Gasteiger partial charge < -0.3 is 10.6 Å². The molecular weight excluding hydrogens is 377 g/mol. The maximum atomic E-state index is 13.5. The molecule has 142 valence electrons. The van der Waals surface area contributed by atoms with Crippen LogP contribution in [0.3, 0.4) is 0 Å². The molecule has 2 aromatic rings. The van der Waals surface area contributed by atoms with Gasteiger partial charge >= 0.3 is 0 Å². The molecule has 1 aromatic heterocycles. The lowest BCUT2D eigenvalue weighted by Crippen LogP contribution is -2.39. The molecular formula is C16H22FN5O2S2. The highest BCUT2D eigenvalue weighted by atomic mass is 32.2. The lowest BCUT2D eigenvalue weighted by molar-refractivity contribution is 0.599. The van der Waals surface area contributed by atoms with Crippen LogP contribution in [0.25, 0.3) is 0 Å². The summed E-state index contributed by atoms with van der Waals surface area (Å²) in [6.07, 6.45) is 1.80. The van der Waals surface area contributed by atoms with E-state index in [4.69, 9.17) is 0 Å². The predicted molar refractivity (Wildman–Crippen MR) is 104 cm³/mol. The third-order valence-corrected chi connectivity index (χ3v) is 5.61. The molecule has 0 aliphatic heterocycles. The largest absolute Gasteiger partial charge is 0.355 e. The molecule has 0 saturated heterocycles. The van der Waals surface area contributed by atoms with Crippen LogP contribution in [0.15, 0.2) is 29.4 Å². The molecule has 0 aliphatic rings. The zero-order valence-electron chi connectivity index (χ0n) is 14.8. The molecule has 2 rings (SSSR count). The van der Waals surface area contributed by atoms with Crippen molar-refractivity contribution in [2.24, 2.45) is 4.99 Å². The number of hydrogen-bond acceptors (Lipinski definition) is 5. The van der Waals surface area contributed by atoms with Gasteiger partial charge in [-0.1, -0.05) is 6.07 Å². The summed E-state index contributed by atoms with van der Waals surface area (Å²) in [6.45, 7) is 4.25. The van der Waals surface area contributed by atoms with E-state index in [0.717, 1.165) is 16.0 Å². The molecule has 26 heavy (non-hydrogen) atoms.